The quantitative estimate of drug-likeness (QED) is 0.833. The predicted molar refractivity (Wildman–Crippen MR) is 69.4 cm³/mol. The fourth-order valence-electron chi connectivity index (χ4n) is 2.28. The Kier molecular flexibility index (Phi) is 3.41. The Morgan fingerprint density at radius 3 is 2.79 bits per heavy atom. The van der Waals surface area contributed by atoms with Gasteiger partial charge in [-0.05, 0) is 38.1 Å². The van der Waals surface area contributed by atoms with Crippen molar-refractivity contribution in [1.82, 2.24) is 19.7 Å². The van der Waals surface area contributed by atoms with Crippen LogP contribution in [0.1, 0.15) is 19.3 Å². The van der Waals surface area contributed by atoms with Crippen LogP contribution in [-0.2, 0) is 6.67 Å². The largest absolute Gasteiger partial charge is 0.438 e. The van der Waals surface area contributed by atoms with Gasteiger partial charge in [0.1, 0.15) is 12.4 Å². The lowest BCUT2D eigenvalue weighted by Crippen LogP contribution is -2.35. The van der Waals surface area contributed by atoms with Crippen molar-refractivity contribution >= 4 is 0 Å². The number of likely N-dealkylation sites (tertiary alicyclic amines) is 1. The summed E-state index contributed by atoms with van der Waals surface area (Å²) in [7, 11) is 0. The van der Waals surface area contributed by atoms with Gasteiger partial charge in [0, 0.05) is 6.20 Å². The van der Waals surface area contributed by atoms with Crippen LogP contribution < -0.4 is 5.76 Å². The van der Waals surface area contributed by atoms with E-state index in [2.05, 4.69) is 15.0 Å². The summed E-state index contributed by atoms with van der Waals surface area (Å²) in [5.74, 6) is -0.145. The van der Waals surface area contributed by atoms with Gasteiger partial charge in [-0.25, -0.2) is 4.79 Å². The average molecular weight is 260 g/mol. The number of hydrogen-bond acceptors (Lipinski definition) is 5. The van der Waals surface area contributed by atoms with E-state index >= 15 is 0 Å². The lowest BCUT2D eigenvalue weighted by atomic mass is 10.1. The topological polar surface area (TPSA) is 64.2 Å². The number of nitrogens with zero attached hydrogens (tertiary/aromatic N) is 4. The van der Waals surface area contributed by atoms with E-state index in [1.54, 1.807) is 12.3 Å². The third-order valence-corrected chi connectivity index (χ3v) is 3.27. The van der Waals surface area contributed by atoms with E-state index in [4.69, 9.17) is 4.42 Å². The summed E-state index contributed by atoms with van der Waals surface area (Å²) in [5, 5.41) is 4.21. The molecule has 6 nitrogen and oxygen atoms in total. The molecule has 0 aliphatic carbocycles. The minimum absolute atomic E-state index is 0.280. The highest BCUT2D eigenvalue weighted by Gasteiger charge is 2.15. The van der Waals surface area contributed by atoms with Crippen molar-refractivity contribution in [2.75, 3.05) is 13.1 Å². The normalized spacial score (nSPS) is 16.6. The molecule has 1 aliphatic rings. The van der Waals surface area contributed by atoms with Crippen LogP contribution in [0.4, 0.5) is 0 Å². The molecule has 19 heavy (non-hydrogen) atoms. The number of pyridine rings is 1. The molecule has 0 N–H and O–H groups in total. The van der Waals surface area contributed by atoms with E-state index in [9.17, 15) is 4.79 Å². The van der Waals surface area contributed by atoms with Crippen molar-refractivity contribution in [3.05, 3.63) is 34.9 Å². The monoisotopic (exact) mass is 260 g/mol. The molecule has 1 fully saturated rings. The molecular weight excluding hydrogens is 244 g/mol. The molecule has 0 amide bonds. The fourth-order valence-corrected chi connectivity index (χ4v) is 2.28. The van der Waals surface area contributed by atoms with Crippen LogP contribution in [0.2, 0.25) is 0 Å². The molecule has 0 spiro atoms. The maximum atomic E-state index is 11.8. The van der Waals surface area contributed by atoms with Crippen LogP contribution in [0.15, 0.2) is 33.6 Å². The Balaban J connectivity index is 1.79. The summed E-state index contributed by atoms with van der Waals surface area (Å²) in [6.45, 7) is 2.52. The Bertz CT molecular complexity index is 584. The summed E-state index contributed by atoms with van der Waals surface area (Å²) in [6.07, 6.45) is 5.28. The maximum Gasteiger partial charge on any atom is 0.438 e. The molecule has 0 saturated carbocycles. The van der Waals surface area contributed by atoms with Crippen molar-refractivity contribution < 1.29 is 4.42 Å². The zero-order valence-electron chi connectivity index (χ0n) is 10.7. The summed E-state index contributed by atoms with van der Waals surface area (Å²) >= 11 is 0. The van der Waals surface area contributed by atoms with Crippen LogP contribution in [0.5, 0.6) is 0 Å². The summed E-state index contributed by atoms with van der Waals surface area (Å²) in [5.41, 5.74) is 0.581. The Morgan fingerprint density at radius 1 is 1.21 bits per heavy atom. The highest BCUT2D eigenvalue weighted by atomic mass is 16.4. The van der Waals surface area contributed by atoms with Crippen LogP contribution >= 0.6 is 0 Å². The molecule has 3 rings (SSSR count). The SMILES string of the molecule is O=c1oc(-c2ccccn2)nn1CN1CCCCC1. The Morgan fingerprint density at radius 2 is 2.05 bits per heavy atom. The van der Waals surface area contributed by atoms with Gasteiger partial charge in [0.25, 0.3) is 5.89 Å². The molecule has 0 bridgehead atoms. The molecule has 1 saturated heterocycles. The zero-order valence-corrected chi connectivity index (χ0v) is 10.7. The van der Waals surface area contributed by atoms with Gasteiger partial charge in [0.15, 0.2) is 0 Å². The van der Waals surface area contributed by atoms with E-state index in [1.807, 2.05) is 12.1 Å². The minimum atomic E-state index is -0.425. The average Bonchev–Trinajstić information content (AvgIpc) is 2.82. The van der Waals surface area contributed by atoms with Crippen molar-refractivity contribution in [2.24, 2.45) is 0 Å². The van der Waals surface area contributed by atoms with E-state index in [0.29, 0.717) is 12.4 Å². The maximum absolute atomic E-state index is 11.8. The predicted octanol–water partition coefficient (Wildman–Crippen LogP) is 1.34. The second kappa shape index (κ2) is 5.36. The highest BCUT2D eigenvalue weighted by molar-refractivity contribution is 5.44. The first kappa shape index (κ1) is 12.1. The number of hydrogen-bond donors (Lipinski definition) is 0. The van der Waals surface area contributed by atoms with Gasteiger partial charge >= 0.3 is 5.76 Å². The second-order valence-electron chi connectivity index (χ2n) is 4.71. The third kappa shape index (κ3) is 2.73. The summed E-state index contributed by atoms with van der Waals surface area (Å²) in [4.78, 5) is 18.1. The molecule has 1 aliphatic heterocycles. The van der Waals surface area contributed by atoms with Crippen molar-refractivity contribution in [1.29, 1.82) is 0 Å². The highest BCUT2D eigenvalue weighted by Crippen LogP contribution is 2.12. The number of aromatic nitrogens is 3. The first-order chi connectivity index (χ1) is 9.33. The lowest BCUT2D eigenvalue weighted by molar-refractivity contribution is 0.168. The fraction of sp³-hybridized carbons (Fsp3) is 0.462. The first-order valence-electron chi connectivity index (χ1n) is 6.54. The van der Waals surface area contributed by atoms with Gasteiger partial charge in [-0.15, -0.1) is 5.10 Å². The van der Waals surface area contributed by atoms with Crippen molar-refractivity contribution in [3.8, 4) is 11.6 Å². The van der Waals surface area contributed by atoms with Gasteiger partial charge in [0.2, 0.25) is 0 Å². The lowest BCUT2D eigenvalue weighted by Gasteiger charge is -2.25. The van der Waals surface area contributed by atoms with Crippen LogP contribution in [0.3, 0.4) is 0 Å². The first-order valence-corrected chi connectivity index (χ1v) is 6.54. The van der Waals surface area contributed by atoms with E-state index in [0.717, 1.165) is 13.1 Å². The molecule has 6 heteroatoms. The van der Waals surface area contributed by atoms with Crippen molar-refractivity contribution in [2.45, 2.75) is 25.9 Å². The molecule has 2 aromatic rings. The minimum Gasteiger partial charge on any atom is -0.386 e. The van der Waals surface area contributed by atoms with Crippen LogP contribution in [-0.4, -0.2) is 32.8 Å². The van der Waals surface area contributed by atoms with Gasteiger partial charge in [-0.3, -0.25) is 9.88 Å². The van der Waals surface area contributed by atoms with Gasteiger partial charge < -0.3 is 4.42 Å². The smallest absolute Gasteiger partial charge is 0.386 e. The number of rotatable bonds is 3. The Hall–Kier alpha value is -1.95. The van der Waals surface area contributed by atoms with Crippen LogP contribution in [0, 0.1) is 0 Å². The second-order valence-corrected chi connectivity index (χ2v) is 4.71. The molecule has 0 aromatic carbocycles. The van der Waals surface area contributed by atoms with E-state index in [-0.39, 0.29) is 5.89 Å². The zero-order chi connectivity index (χ0) is 13.1. The van der Waals surface area contributed by atoms with Gasteiger partial charge in [-0.1, -0.05) is 12.5 Å². The van der Waals surface area contributed by atoms with Gasteiger partial charge in [0.05, 0.1) is 0 Å². The molecule has 2 aromatic heterocycles. The molecular formula is C13H16N4O2. The molecule has 0 radical (unpaired) electrons. The van der Waals surface area contributed by atoms with Crippen molar-refractivity contribution in [3.63, 3.8) is 0 Å². The molecule has 3 heterocycles. The van der Waals surface area contributed by atoms with Crippen LogP contribution in [0.25, 0.3) is 11.6 Å². The molecule has 0 atom stereocenters. The number of piperidine rings is 1. The van der Waals surface area contributed by atoms with E-state index < -0.39 is 5.76 Å². The summed E-state index contributed by atoms with van der Waals surface area (Å²) < 4.78 is 6.52. The summed E-state index contributed by atoms with van der Waals surface area (Å²) in [6, 6.07) is 5.43. The molecule has 100 valence electrons. The Labute approximate surface area is 110 Å². The van der Waals surface area contributed by atoms with E-state index in [1.165, 1.54) is 23.9 Å². The van der Waals surface area contributed by atoms with Gasteiger partial charge in [-0.2, -0.15) is 4.68 Å². The standard InChI is InChI=1S/C13H16N4O2/c18-13-17(10-16-8-4-1-5-9-16)15-12(19-13)11-6-2-3-7-14-11/h2-3,6-7H,1,4-5,8-10H2. The third-order valence-electron chi connectivity index (χ3n) is 3.27. The molecule has 0 unspecified atom stereocenters.